The molecule has 1 heterocycles. The molecular weight excluding hydrogens is 307 g/mol. The second-order valence-electron chi connectivity index (χ2n) is 5.36. The van der Waals surface area contributed by atoms with Gasteiger partial charge in [-0.15, -0.1) is 0 Å². The van der Waals surface area contributed by atoms with Crippen molar-refractivity contribution < 1.29 is 17.6 Å². The first-order valence-electron chi connectivity index (χ1n) is 7.47. The molecule has 1 N–H and O–H groups in total. The molecule has 122 valence electrons. The van der Waals surface area contributed by atoms with Crippen LogP contribution in [0, 0.1) is 5.82 Å². The van der Waals surface area contributed by atoms with Crippen molar-refractivity contribution in [3.63, 3.8) is 0 Å². The first kappa shape index (κ1) is 16.9. The molecule has 0 unspecified atom stereocenters. The van der Waals surface area contributed by atoms with Crippen LogP contribution in [-0.4, -0.2) is 44.0 Å². The summed E-state index contributed by atoms with van der Waals surface area (Å²) >= 11 is 0. The van der Waals surface area contributed by atoms with Gasteiger partial charge < -0.3 is 5.32 Å². The average Bonchev–Trinajstić information content (AvgIpc) is 3.02. The fourth-order valence-electron chi connectivity index (χ4n) is 2.44. The van der Waals surface area contributed by atoms with E-state index in [1.807, 2.05) is 0 Å². The van der Waals surface area contributed by atoms with Crippen molar-refractivity contribution in [2.24, 2.45) is 0 Å². The Kier molecular flexibility index (Phi) is 5.90. The molecule has 1 aromatic rings. The maximum atomic E-state index is 13.4. The maximum Gasteiger partial charge on any atom is 0.221 e. The van der Waals surface area contributed by atoms with Gasteiger partial charge in [0.25, 0.3) is 0 Å². The van der Waals surface area contributed by atoms with E-state index in [1.54, 1.807) is 18.2 Å². The molecule has 0 radical (unpaired) electrons. The molecule has 1 aliphatic rings. The molecule has 0 spiro atoms. The lowest BCUT2D eigenvalue weighted by atomic mass is 10.1. The van der Waals surface area contributed by atoms with Gasteiger partial charge in [0.2, 0.25) is 15.9 Å². The summed E-state index contributed by atoms with van der Waals surface area (Å²) in [5.41, 5.74) is 0.535. The molecular formula is C15H21FN2O3S. The van der Waals surface area contributed by atoms with E-state index >= 15 is 0 Å². The minimum Gasteiger partial charge on any atom is -0.356 e. The van der Waals surface area contributed by atoms with E-state index in [9.17, 15) is 17.6 Å². The zero-order valence-electron chi connectivity index (χ0n) is 12.4. The van der Waals surface area contributed by atoms with Crippen LogP contribution < -0.4 is 5.32 Å². The highest BCUT2D eigenvalue weighted by Gasteiger charge is 2.25. The van der Waals surface area contributed by atoms with Crippen LogP contribution in [0.3, 0.4) is 0 Å². The summed E-state index contributed by atoms with van der Waals surface area (Å²) in [7, 11) is -3.33. The van der Waals surface area contributed by atoms with Crippen LogP contribution in [0.5, 0.6) is 0 Å². The molecule has 2 rings (SSSR count). The minimum absolute atomic E-state index is 0.0594. The predicted molar refractivity (Wildman–Crippen MR) is 82.3 cm³/mol. The van der Waals surface area contributed by atoms with Gasteiger partial charge in [-0.2, -0.15) is 0 Å². The highest BCUT2D eigenvalue weighted by molar-refractivity contribution is 7.89. The summed E-state index contributed by atoms with van der Waals surface area (Å²) in [5.74, 6) is -0.786. The fraction of sp³-hybridized carbons (Fsp3) is 0.533. The molecule has 0 atom stereocenters. The van der Waals surface area contributed by atoms with Gasteiger partial charge in [-0.25, -0.2) is 17.1 Å². The number of rotatable bonds is 7. The second kappa shape index (κ2) is 7.69. The third kappa shape index (κ3) is 4.78. The Labute approximate surface area is 130 Å². The Hall–Kier alpha value is -1.47. The van der Waals surface area contributed by atoms with E-state index < -0.39 is 10.0 Å². The fourth-order valence-corrected chi connectivity index (χ4v) is 3.96. The molecule has 1 aliphatic heterocycles. The Morgan fingerprint density at radius 2 is 1.91 bits per heavy atom. The second-order valence-corrected chi connectivity index (χ2v) is 7.45. The lowest BCUT2D eigenvalue weighted by molar-refractivity contribution is -0.120. The van der Waals surface area contributed by atoms with Gasteiger partial charge >= 0.3 is 0 Å². The lowest BCUT2D eigenvalue weighted by Crippen LogP contribution is -2.33. The Morgan fingerprint density at radius 1 is 1.23 bits per heavy atom. The monoisotopic (exact) mass is 328 g/mol. The van der Waals surface area contributed by atoms with Crippen molar-refractivity contribution in [3.05, 3.63) is 35.6 Å². The normalized spacial score (nSPS) is 15.9. The van der Waals surface area contributed by atoms with Crippen LogP contribution in [0.2, 0.25) is 0 Å². The summed E-state index contributed by atoms with van der Waals surface area (Å²) in [6.07, 6.45) is 2.09. The Bertz CT molecular complexity index is 613. The van der Waals surface area contributed by atoms with E-state index in [4.69, 9.17) is 0 Å². The molecule has 22 heavy (non-hydrogen) atoms. The molecule has 0 aromatic heterocycles. The van der Waals surface area contributed by atoms with Crippen molar-refractivity contribution in [2.45, 2.75) is 25.7 Å². The number of sulfonamides is 1. The van der Waals surface area contributed by atoms with Crippen molar-refractivity contribution in [1.82, 2.24) is 9.62 Å². The predicted octanol–water partition coefficient (Wildman–Crippen LogP) is 1.30. The van der Waals surface area contributed by atoms with E-state index in [-0.39, 0.29) is 23.9 Å². The van der Waals surface area contributed by atoms with Crippen molar-refractivity contribution in [2.75, 3.05) is 25.4 Å². The Morgan fingerprint density at radius 3 is 2.59 bits per heavy atom. The van der Waals surface area contributed by atoms with Gasteiger partial charge in [-0.05, 0) is 30.9 Å². The van der Waals surface area contributed by atoms with E-state index in [0.29, 0.717) is 31.6 Å². The van der Waals surface area contributed by atoms with E-state index in [1.165, 1.54) is 10.4 Å². The van der Waals surface area contributed by atoms with Gasteiger partial charge in [0, 0.05) is 26.1 Å². The third-order valence-corrected chi connectivity index (χ3v) is 5.59. The molecule has 0 aliphatic carbocycles. The smallest absolute Gasteiger partial charge is 0.221 e. The molecule has 1 amide bonds. The van der Waals surface area contributed by atoms with Gasteiger partial charge in [-0.1, -0.05) is 18.2 Å². The number of hydrogen-bond donors (Lipinski definition) is 1. The zero-order chi connectivity index (χ0) is 16.0. The van der Waals surface area contributed by atoms with Crippen molar-refractivity contribution in [3.8, 4) is 0 Å². The summed E-state index contributed by atoms with van der Waals surface area (Å²) in [5, 5.41) is 2.63. The van der Waals surface area contributed by atoms with Crippen molar-refractivity contribution in [1.29, 1.82) is 0 Å². The van der Waals surface area contributed by atoms with Gasteiger partial charge in [0.1, 0.15) is 5.82 Å². The summed E-state index contributed by atoms with van der Waals surface area (Å²) in [4.78, 5) is 11.7. The number of hydrogen-bond acceptors (Lipinski definition) is 3. The highest BCUT2D eigenvalue weighted by Crippen LogP contribution is 2.13. The number of carbonyl (C=O) groups is 1. The van der Waals surface area contributed by atoms with Crippen LogP contribution in [0.25, 0.3) is 0 Å². The lowest BCUT2D eigenvalue weighted by Gasteiger charge is -2.15. The molecule has 0 saturated carbocycles. The maximum absolute atomic E-state index is 13.4. The first-order valence-corrected chi connectivity index (χ1v) is 9.08. The number of benzene rings is 1. The van der Waals surface area contributed by atoms with Crippen LogP contribution in [0.1, 0.15) is 24.8 Å². The van der Waals surface area contributed by atoms with Crippen LogP contribution in [-0.2, 0) is 21.2 Å². The van der Waals surface area contributed by atoms with Crippen LogP contribution in [0.4, 0.5) is 4.39 Å². The zero-order valence-corrected chi connectivity index (χ0v) is 13.2. The number of nitrogens with one attached hydrogen (secondary N) is 1. The van der Waals surface area contributed by atoms with Gasteiger partial charge in [0.05, 0.1) is 5.75 Å². The molecule has 0 bridgehead atoms. The largest absolute Gasteiger partial charge is 0.356 e. The van der Waals surface area contributed by atoms with E-state index in [2.05, 4.69) is 5.32 Å². The number of halogens is 1. The summed E-state index contributed by atoms with van der Waals surface area (Å²) < 4.78 is 38.8. The standard InChI is InChI=1S/C15H21FN2O3S/c16-14-6-2-1-5-13(14)7-9-17-15(19)8-12-22(20,21)18-10-3-4-11-18/h1-2,5-6H,3-4,7-12H2,(H,17,19). The molecule has 1 saturated heterocycles. The number of carbonyl (C=O) groups excluding carboxylic acids is 1. The summed E-state index contributed by atoms with van der Waals surface area (Å²) in [6, 6.07) is 6.39. The van der Waals surface area contributed by atoms with Crippen molar-refractivity contribution >= 4 is 15.9 Å². The highest BCUT2D eigenvalue weighted by atomic mass is 32.2. The number of nitrogens with zero attached hydrogens (tertiary/aromatic N) is 1. The molecule has 1 aromatic carbocycles. The van der Waals surface area contributed by atoms with Crippen LogP contribution >= 0.6 is 0 Å². The molecule has 1 fully saturated rings. The summed E-state index contributed by atoms with van der Waals surface area (Å²) in [6.45, 7) is 1.40. The Balaban J connectivity index is 1.71. The minimum atomic E-state index is -3.33. The number of amides is 1. The topological polar surface area (TPSA) is 66.5 Å². The SMILES string of the molecule is O=C(CCS(=O)(=O)N1CCCC1)NCCc1ccccc1F. The average molecular weight is 328 g/mol. The first-order chi connectivity index (χ1) is 10.5. The molecule has 5 nitrogen and oxygen atoms in total. The van der Waals surface area contributed by atoms with E-state index in [0.717, 1.165) is 12.8 Å². The quantitative estimate of drug-likeness (QED) is 0.820. The van der Waals surface area contributed by atoms with Gasteiger partial charge in [0.15, 0.2) is 0 Å². The van der Waals surface area contributed by atoms with Crippen LogP contribution in [0.15, 0.2) is 24.3 Å². The third-order valence-electron chi connectivity index (χ3n) is 3.72. The van der Waals surface area contributed by atoms with Gasteiger partial charge in [-0.3, -0.25) is 4.79 Å². The molecule has 7 heteroatoms.